The Morgan fingerprint density at radius 2 is 2.00 bits per heavy atom. The van der Waals surface area contributed by atoms with Crippen molar-refractivity contribution in [3.63, 3.8) is 0 Å². The van der Waals surface area contributed by atoms with Crippen LogP contribution in [0.5, 0.6) is 0 Å². The number of hydrogen-bond acceptors (Lipinski definition) is 3. The molecule has 0 spiro atoms. The van der Waals surface area contributed by atoms with E-state index >= 15 is 0 Å². The highest BCUT2D eigenvalue weighted by atomic mass is 19.4. The molecule has 0 atom stereocenters. The summed E-state index contributed by atoms with van der Waals surface area (Å²) >= 11 is 0. The highest BCUT2D eigenvalue weighted by Gasteiger charge is 2.38. The number of oxime groups is 1. The van der Waals surface area contributed by atoms with Crippen molar-refractivity contribution < 1.29 is 22.8 Å². The monoisotopic (exact) mass is 300 g/mol. The molecule has 0 unspecified atom stereocenters. The second-order valence-electron chi connectivity index (χ2n) is 4.67. The molecule has 21 heavy (non-hydrogen) atoms. The number of amidine groups is 1. The lowest BCUT2D eigenvalue weighted by molar-refractivity contribution is -0.137. The van der Waals surface area contributed by atoms with E-state index in [1.807, 2.05) is 6.92 Å². The molecule has 1 aromatic carbocycles. The van der Waals surface area contributed by atoms with Crippen LogP contribution < -0.4 is 0 Å². The molecule has 0 saturated heterocycles. The van der Waals surface area contributed by atoms with Crippen LogP contribution in [-0.2, 0) is 11.0 Å². The van der Waals surface area contributed by atoms with E-state index in [0.717, 1.165) is 25.0 Å². The van der Waals surface area contributed by atoms with E-state index in [-0.39, 0.29) is 22.9 Å². The Labute approximate surface area is 120 Å². The highest BCUT2D eigenvalue weighted by Crippen LogP contribution is 2.33. The highest BCUT2D eigenvalue weighted by molar-refractivity contribution is 6.23. The number of unbranched alkanes of at least 4 members (excludes halogenated alkanes) is 1. The van der Waals surface area contributed by atoms with Crippen LogP contribution in [0.1, 0.15) is 41.3 Å². The van der Waals surface area contributed by atoms with Crippen LogP contribution >= 0.6 is 0 Å². The van der Waals surface area contributed by atoms with Crippen molar-refractivity contribution >= 4 is 11.7 Å². The number of carbonyl (C=O) groups excluding carboxylic acids is 1. The third kappa shape index (κ3) is 2.86. The van der Waals surface area contributed by atoms with Gasteiger partial charge in [-0.2, -0.15) is 13.2 Å². The van der Waals surface area contributed by atoms with Gasteiger partial charge in [-0.1, -0.05) is 18.5 Å². The lowest BCUT2D eigenvalue weighted by Crippen LogP contribution is -2.31. The zero-order valence-corrected chi connectivity index (χ0v) is 11.7. The third-order valence-corrected chi connectivity index (χ3v) is 3.23. The van der Waals surface area contributed by atoms with Gasteiger partial charge in [-0.3, -0.25) is 9.69 Å². The zero-order valence-electron chi connectivity index (χ0n) is 11.7. The van der Waals surface area contributed by atoms with Gasteiger partial charge >= 0.3 is 6.18 Å². The second kappa shape index (κ2) is 5.75. The number of halogens is 3. The molecule has 0 aliphatic carbocycles. The first-order valence-electron chi connectivity index (χ1n) is 6.54. The van der Waals surface area contributed by atoms with Gasteiger partial charge in [0.05, 0.1) is 11.1 Å². The van der Waals surface area contributed by atoms with Crippen molar-refractivity contribution in [2.45, 2.75) is 25.9 Å². The molecule has 0 bridgehead atoms. The normalized spacial score (nSPS) is 16.5. The largest absolute Gasteiger partial charge is 0.416 e. The summed E-state index contributed by atoms with van der Waals surface area (Å²) in [4.78, 5) is 18.3. The number of carbonyl (C=O) groups is 1. The Balaban J connectivity index is 2.48. The summed E-state index contributed by atoms with van der Waals surface area (Å²) in [5.74, 6) is -0.208. The molecule has 1 aliphatic heterocycles. The zero-order chi connectivity index (χ0) is 15.6. The number of hydrogen-bond donors (Lipinski definition) is 0. The second-order valence-corrected chi connectivity index (χ2v) is 4.67. The smallest absolute Gasteiger partial charge is 0.397 e. The van der Waals surface area contributed by atoms with Gasteiger partial charge in [-0.15, -0.1) is 0 Å². The van der Waals surface area contributed by atoms with E-state index in [2.05, 4.69) is 9.99 Å². The average molecular weight is 300 g/mol. The van der Waals surface area contributed by atoms with Crippen molar-refractivity contribution in [2.24, 2.45) is 5.16 Å². The van der Waals surface area contributed by atoms with Gasteiger partial charge in [0.2, 0.25) is 0 Å². The molecule has 1 amide bonds. The summed E-state index contributed by atoms with van der Waals surface area (Å²) in [5.41, 5.74) is -0.433. The number of alkyl halides is 3. The summed E-state index contributed by atoms with van der Waals surface area (Å²) in [6, 6.07) is 3.04. The molecule has 114 valence electrons. The maximum absolute atomic E-state index is 12.8. The SMILES string of the molecule is CCCCN1C(=O)c2ccc(C(F)(F)F)cc2C1=NOC. The van der Waals surface area contributed by atoms with E-state index in [4.69, 9.17) is 0 Å². The topological polar surface area (TPSA) is 41.9 Å². The number of rotatable bonds is 4. The molecule has 0 fully saturated rings. The lowest BCUT2D eigenvalue weighted by atomic mass is 10.1. The van der Waals surface area contributed by atoms with Crippen LogP contribution in [-0.4, -0.2) is 30.3 Å². The lowest BCUT2D eigenvalue weighted by Gasteiger charge is -2.15. The fraction of sp³-hybridized carbons (Fsp3) is 0.429. The number of benzene rings is 1. The molecule has 1 aromatic rings. The van der Waals surface area contributed by atoms with Gasteiger partial charge in [-0.25, -0.2) is 0 Å². The average Bonchev–Trinajstić information content (AvgIpc) is 2.69. The van der Waals surface area contributed by atoms with Gasteiger partial charge in [0.1, 0.15) is 7.11 Å². The number of fused-ring (bicyclic) bond motifs is 1. The van der Waals surface area contributed by atoms with Crippen LogP contribution in [0.4, 0.5) is 13.2 Å². The van der Waals surface area contributed by atoms with Crippen molar-refractivity contribution in [3.8, 4) is 0 Å². The van der Waals surface area contributed by atoms with E-state index in [9.17, 15) is 18.0 Å². The molecular weight excluding hydrogens is 285 g/mol. The van der Waals surface area contributed by atoms with Crippen molar-refractivity contribution in [2.75, 3.05) is 13.7 Å². The van der Waals surface area contributed by atoms with Crippen LogP contribution in [0.25, 0.3) is 0 Å². The summed E-state index contributed by atoms with van der Waals surface area (Å²) in [5, 5.41) is 3.73. The summed E-state index contributed by atoms with van der Waals surface area (Å²) in [6.45, 7) is 2.36. The predicted octanol–water partition coefficient (Wildman–Crippen LogP) is 3.27. The van der Waals surface area contributed by atoms with Gasteiger partial charge in [0, 0.05) is 12.1 Å². The van der Waals surface area contributed by atoms with Gasteiger partial charge in [0.25, 0.3) is 5.91 Å². The minimum Gasteiger partial charge on any atom is -0.397 e. The Morgan fingerprint density at radius 3 is 2.57 bits per heavy atom. The predicted molar refractivity (Wildman–Crippen MR) is 70.9 cm³/mol. The summed E-state index contributed by atoms with van der Waals surface area (Å²) < 4.78 is 38.4. The molecule has 0 N–H and O–H groups in total. The first-order valence-corrected chi connectivity index (χ1v) is 6.54. The van der Waals surface area contributed by atoms with E-state index < -0.39 is 11.7 Å². The molecule has 0 aromatic heterocycles. The van der Waals surface area contributed by atoms with Crippen LogP contribution in [0, 0.1) is 0 Å². The Morgan fingerprint density at radius 1 is 1.29 bits per heavy atom. The van der Waals surface area contributed by atoms with Crippen molar-refractivity contribution in [1.82, 2.24) is 4.90 Å². The molecule has 7 heteroatoms. The van der Waals surface area contributed by atoms with E-state index in [1.54, 1.807) is 0 Å². The maximum atomic E-state index is 12.8. The summed E-state index contributed by atoms with van der Waals surface area (Å²) in [6.07, 6.45) is -2.88. The van der Waals surface area contributed by atoms with E-state index in [1.165, 1.54) is 18.1 Å². The van der Waals surface area contributed by atoms with Gasteiger partial charge in [-0.05, 0) is 24.6 Å². The standard InChI is InChI=1S/C14H15F3N2O2/c1-3-4-7-19-12(18-21-2)11-8-9(14(15,16)17)5-6-10(11)13(19)20/h5-6,8H,3-4,7H2,1-2H3. The fourth-order valence-electron chi connectivity index (χ4n) is 2.19. The maximum Gasteiger partial charge on any atom is 0.416 e. The first-order chi connectivity index (χ1) is 9.90. The fourth-order valence-corrected chi connectivity index (χ4v) is 2.19. The molecule has 2 rings (SSSR count). The molecule has 1 aliphatic rings. The minimum atomic E-state index is -4.47. The van der Waals surface area contributed by atoms with Gasteiger partial charge in [0.15, 0.2) is 5.84 Å². The number of amides is 1. The Hall–Kier alpha value is -2.05. The quantitative estimate of drug-likeness (QED) is 0.801. The first kappa shape index (κ1) is 15.3. The van der Waals surface area contributed by atoms with Crippen molar-refractivity contribution in [3.05, 3.63) is 34.9 Å². The van der Waals surface area contributed by atoms with Crippen LogP contribution in [0.15, 0.2) is 23.4 Å². The Bertz CT molecular complexity index is 582. The molecule has 0 radical (unpaired) electrons. The van der Waals surface area contributed by atoms with Crippen molar-refractivity contribution in [1.29, 1.82) is 0 Å². The van der Waals surface area contributed by atoms with Crippen LogP contribution in [0.3, 0.4) is 0 Å². The van der Waals surface area contributed by atoms with E-state index in [0.29, 0.717) is 6.54 Å². The summed E-state index contributed by atoms with van der Waals surface area (Å²) in [7, 11) is 1.29. The molecule has 4 nitrogen and oxygen atoms in total. The van der Waals surface area contributed by atoms with Gasteiger partial charge < -0.3 is 4.84 Å². The third-order valence-electron chi connectivity index (χ3n) is 3.23. The molecule has 0 saturated carbocycles. The van der Waals surface area contributed by atoms with Crippen LogP contribution in [0.2, 0.25) is 0 Å². The molecular formula is C14H15F3N2O2. The minimum absolute atomic E-state index is 0.136. The Kier molecular flexibility index (Phi) is 4.20. The molecule has 1 heterocycles. The number of nitrogens with zero attached hydrogens (tertiary/aromatic N) is 2.